The number of aromatic amines is 1. The normalized spacial score (nSPS) is 11.0. The summed E-state index contributed by atoms with van der Waals surface area (Å²) in [5, 5.41) is 7.44. The fourth-order valence-corrected chi connectivity index (χ4v) is 1.93. The van der Waals surface area contributed by atoms with E-state index < -0.39 is 0 Å². The van der Waals surface area contributed by atoms with E-state index in [0.717, 1.165) is 12.8 Å². The lowest BCUT2D eigenvalue weighted by molar-refractivity contribution is 0.784. The van der Waals surface area contributed by atoms with Crippen LogP contribution in [0.25, 0.3) is 0 Å². The molecule has 1 aromatic heterocycles. The number of rotatable bonds is 5. The molecule has 0 saturated heterocycles. The smallest absolute Gasteiger partial charge is 0.0650 e. The lowest BCUT2D eigenvalue weighted by atomic mass is 10.1. The second-order valence-corrected chi connectivity index (χ2v) is 4.81. The zero-order valence-corrected chi connectivity index (χ0v) is 10.6. The summed E-state index contributed by atoms with van der Waals surface area (Å²) in [6, 6.07) is 12.8. The molecule has 0 fully saturated rings. The first kappa shape index (κ1) is 11.9. The Morgan fingerprint density at radius 1 is 1.12 bits per heavy atom. The van der Waals surface area contributed by atoms with Crippen LogP contribution in [0.4, 0.5) is 0 Å². The van der Waals surface area contributed by atoms with Crippen molar-refractivity contribution >= 4 is 0 Å². The Balaban J connectivity index is 1.82. The molecule has 0 aliphatic heterocycles. The van der Waals surface area contributed by atoms with Crippen LogP contribution >= 0.6 is 0 Å². The fourth-order valence-electron chi connectivity index (χ4n) is 1.93. The predicted octanol–water partition coefficient (Wildman–Crippen LogP) is 3.71. The van der Waals surface area contributed by atoms with Crippen molar-refractivity contribution in [1.82, 2.24) is 10.2 Å². The highest BCUT2D eigenvalue weighted by molar-refractivity contribution is 5.16. The first-order valence-electron chi connectivity index (χ1n) is 6.34. The molecule has 90 valence electrons. The summed E-state index contributed by atoms with van der Waals surface area (Å²) in [5.74, 6) is 0.508. The van der Waals surface area contributed by atoms with Gasteiger partial charge in [-0.05, 0) is 36.8 Å². The zero-order valence-electron chi connectivity index (χ0n) is 10.6. The molecule has 1 heterocycles. The Kier molecular flexibility index (Phi) is 3.97. The third-order valence-corrected chi connectivity index (χ3v) is 3.00. The van der Waals surface area contributed by atoms with Gasteiger partial charge in [0, 0.05) is 5.69 Å². The van der Waals surface area contributed by atoms with Crippen LogP contribution in [0.1, 0.15) is 43.1 Å². The van der Waals surface area contributed by atoms with E-state index in [-0.39, 0.29) is 0 Å². The van der Waals surface area contributed by atoms with Crippen LogP contribution in [0.15, 0.2) is 36.4 Å². The third-order valence-electron chi connectivity index (χ3n) is 3.00. The molecule has 0 radical (unpaired) electrons. The summed E-state index contributed by atoms with van der Waals surface area (Å²) in [6.07, 6.45) is 3.38. The number of hydrogen-bond acceptors (Lipinski definition) is 1. The lowest BCUT2D eigenvalue weighted by Crippen LogP contribution is -1.90. The van der Waals surface area contributed by atoms with Crippen LogP contribution in [-0.4, -0.2) is 10.2 Å². The van der Waals surface area contributed by atoms with Gasteiger partial charge < -0.3 is 0 Å². The Morgan fingerprint density at radius 3 is 2.53 bits per heavy atom. The van der Waals surface area contributed by atoms with E-state index in [2.05, 4.69) is 60.4 Å². The second-order valence-electron chi connectivity index (χ2n) is 4.81. The Labute approximate surface area is 103 Å². The van der Waals surface area contributed by atoms with E-state index in [1.165, 1.54) is 23.4 Å². The summed E-state index contributed by atoms with van der Waals surface area (Å²) in [6.45, 7) is 4.34. The minimum absolute atomic E-state index is 0.508. The monoisotopic (exact) mass is 228 g/mol. The van der Waals surface area contributed by atoms with Crippen molar-refractivity contribution in [2.24, 2.45) is 0 Å². The van der Waals surface area contributed by atoms with Crippen LogP contribution < -0.4 is 0 Å². The third kappa shape index (κ3) is 3.45. The van der Waals surface area contributed by atoms with Crippen molar-refractivity contribution in [3.63, 3.8) is 0 Å². The van der Waals surface area contributed by atoms with Gasteiger partial charge in [0.15, 0.2) is 0 Å². The van der Waals surface area contributed by atoms with Gasteiger partial charge >= 0.3 is 0 Å². The van der Waals surface area contributed by atoms with Crippen LogP contribution in [0.5, 0.6) is 0 Å². The highest BCUT2D eigenvalue weighted by Crippen LogP contribution is 2.13. The topological polar surface area (TPSA) is 28.7 Å². The van der Waals surface area contributed by atoms with Gasteiger partial charge in [0.25, 0.3) is 0 Å². The van der Waals surface area contributed by atoms with Crippen molar-refractivity contribution in [2.45, 2.75) is 39.0 Å². The minimum Gasteiger partial charge on any atom is -0.282 e. The summed E-state index contributed by atoms with van der Waals surface area (Å²) in [5.41, 5.74) is 3.83. The van der Waals surface area contributed by atoms with Gasteiger partial charge in [-0.3, -0.25) is 5.10 Å². The standard InChI is InChI=1S/C15H20N2/c1-12(2)15-11-14(16-17-15)10-6-9-13-7-4-3-5-8-13/h3-5,7-8,11-12H,6,9-10H2,1-2H3,(H,16,17). The quantitative estimate of drug-likeness (QED) is 0.830. The lowest BCUT2D eigenvalue weighted by Gasteiger charge is -1.99. The molecule has 0 atom stereocenters. The molecule has 0 spiro atoms. The molecule has 2 rings (SSSR count). The Hall–Kier alpha value is -1.57. The van der Waals surface area contributed by atoms with Crippen molar-refractivity contribution in [3.8, 4) is 0 Å². The maximum Gasteiger partial charge on any atom is 0.0650 e. The average Bonchev–Trinajstić information content (AvgIpc) is 2.79. The summed E-state index contributed by atoms with van der Waals surface area (Å²) in [7, 11) is 0. The molecule has 0 amide bonds. The number of aryl methyl sites for hydroxylation is 2. The highest BCUT2D eigenvalue weighted by atomic mass is 15.1. The zero-order chi connectivity index (χ0) is 12.1. The number of nitrogens with zero attached hydrogens (tertiary/aromatic N) is 1. The molecule has 0 unspecified atom stereocenters. The maximum atomic E-state index is 4.32. The number of nitrogens with one attached hydrogen (secondary N) is 1. The molecule has 1 aromatic carbocycles. The second kappa shape index (κ2) is 5.67. The van der Waals surface area contributed by atoms with E-state index in [0.29, 0.717) is 5.92 Å². The molecule has 17 heavy (non-hydrogen) atoms. The minimum atomic E-state index is 0.508. The van der Waals surface area contributed by atoms with Crippen LogP contribution in [0.3, 0.4) is 0 Å². The van der Waals surface area contributed by atoms with Gasteiger partial charge in [-0.25, -0.2) is 0 Å². The molecule has 0 aliphatic rings. The Bertz CT molecular complexity index is 443. The fraction of sp³-hybridized carbons (Fsp3) is 0.400. The summed E-state index contributed by atoms with van der Waals surface area (Å²) < 4.78 is 0. The number of hydrogen-bond donors (Lipinski definition) is 1. The molecule has 2 nitrogen and oxygen atoms in total. The van der Waals surface area contributed by atoms with Crippen molar-refractivity contribution < 1.29 is 0 Å². The van der Waals surface area contributed by atoms with Crippen molar-refractivity contribution in [2.75, 3.05) is 0 Å². The van der Waals surface area contributed by atoms with E-state index in [9.17, 15) is 0 Å². The van der Waals surface area contributed by atoms with E-state index in [4.69, 9.17) is 0 Å². The van der Waals surface area contributed by atoms with Gasteiger partial charge in [0.1, 0.15) is 0 Å². The molecular formula is C15H20N2. The largest absolute Gasteiger partial charge is 0.282 e. The summed E-state index contributed by atoms with van der Waals surface area (Å²) in [4.78, 5) is 0. The number of benzene rings is 1. The average molecular weight is 228 g/mol. The molecule has 0 bridgehead atoms. The highest BCUT2D eigenvalue weighted by Gasteiger charge is 2.04. The van der Waals surface area contributed by atoms with Crippen LogP contribution in [0, 0.1) is 0 Å². The van der Waals surface area contributed by atoms with Gasteiger partial charge in [-0.15, -0.1) is 0 Å². The van der Waals surface area contributed by atoms with Crippen LogP contribution in [-0.2, 0) is 12.8 Å². The number of H-pyrrole nitrogens is 1. The predicted molar refractivity (Wildman–Crippen MR) is 71.1 cm³/mol. The SMILES string of the molecule is CC(C)c1cc(CCCc2ccccc2)[nH]n1. The molecule has 1 N–H and O–H groups in total. The van der Waals surface area contributed by atoms with Crippen LogP contribution in [0.2, 0.25) is 0 Å². The van der Waals surface area contributed by atoms with Crippen molar-refractivity contribution in [3.05, 3.63) is 53.3 Å². The molecular weight excluding hydrogens is 208 g/mol. The van der Waals surface area contributed by atoms with Gasteiger partial charge in [0.05, 0.1) is 5.69 Å². The number of aromatic nitrogens is 2. The Morgan fingerprint density at radius 2 is 1.88 bits per heavy atom. The van der Waals surface area contributed by atoms with E-state index >= 15 is 0 Å². The van der Waals surface area contributed by atoms with Gasteiger partial charge in [0.2, 0.25) is 0 Å². The summed E-state index contributed by atoms with van der Waals surface area (Å²) >= 11 is 0. The van der Waals surface area contributed by atoms with E-state index in [1.807, 2.05) is 0 Å². The van der Waals surface area contributed by atoms with Gasteiger partial charge in [-0.1, -0.05) is 44.2 Å². The molecule has 0 aliphatic carbocycles. The first-order chi connectivity index (χ1) is 8.25. The molecule has 0 saturated carbocycles. The molecule has 2 aromatic rings. The van der Waals surface area contributed by atoms with Crippen molar-refractivity contribution in [1.29, 1.82) is 0 Å². The molecule has 2 heteroatoms. The van der Waals surface area contributed by atoms with Gasteiger partial charge in [-0.2, -0.15) is 5.10 Å². The van der Waals surface area contributed by atoms with E-state index in [1.54, 1.807) is 0 Å². The first-order valence-corrected chi connectivity index (χ1v) is 6.34. The maximum absolute atomic E-state index is 4.32.